The van der Waals surface area contributed by atoms with Crippen LogP contribution in [0.15, 0.2) is 48.7 Å². The number of rotatable bonds is 3. The fourth-order valence-electron chi connectivity index (χ4n) is 3.23. The van der Waals surface area contributed by atoms with Gasteiger partial charge in [0.15, 0.2) is 0 Å². The van der Waals surface area contributed by atoms with Gasteiger partial charge in [-0.2, -0.15) is 13.2 Å². The Morgan fingerprint density at radius 3 is 2.38 bits per heavy atom. The van der Waals surface area contributed by atoms with Gasteiger partial charge in [0.05, 0.1) is 11.0 Å². The van der Waals surface area contributed by atoms with Crippen molar-refractivity contribution in [1.29, 1.82) is 0 Å². The monoisotopic (exact) mass is 362 g/mol. The third kappa shape index (κ3) is 2.73. The van der Waals surface area contributed by atoms with E-state index in [9.17, 15) is 22.4 Å². The number of anilines is 1. The van der Waals surface area contributed by atoms with E-state index in [0.717, 1.165) is 17.6 Å². The average molecular weight is 362 g/mol. The fraction of sp³-hybridized carbons (Fsp3) is 0.211. The number of benzene rings is 2. The molecule has 0 radical (unpaired) electrons. The van der Waals surface area contributed by atoms with E-state index >= 15 is 0 Å². The van der Waals surface area contributed by atoms with Crippen LogP contribution in [0.25, 0.3) is 10.9 Å². The van der Waals surface area contributed by atoms with Crippen molar-refractivity contribution in [1.82, 2.24) is 4.98 Å². The van der Waals surface area contributed by atoms with Gasteiger partial charge in [-0.1, -0.05) is 0 Å². The molecule has 2 N–H and O–H groups in total. The molecule has 0 unspecified atom stereocenters. The summed E-state index contributed by atoms with van der Waals surface area (Å²) in [6, 6.07) is 8.64. The summed E-state index contributed by atoms with van der Waals surface area (Å²) >= 11 is 0. The number of alkyl halides is 3. The van der Waals surface area contributed by atoms with E-state index in [4.69, 9.17) is 0 Å². The van der Waals surface area contributed by atoms with Gasteiger partial charge in [0.2, 0.25) is 5.91 Å². The van der Waals surface area contributed by atoms with Crippen molar-refractivity contribution >= 4 is 22.5 Å². The number of carbonyl (C=O) groups excluding carboxylic acids is 1. The van der Waals surface area contributed by atoms with Gasteiger partial charge in [-0.3, -0.25) is 4.79 Å². The Morgan fingerprint density at radius 2 is 1.77 bits per heavy atom. The summed E-state index contributed by atoms with van der Waals surface area (Å²) < 4.78 is 51.5. The first-order valence-corrected chi connectivity index (χ1v) is 8.05. The molecule has 1 saturated carbocycles. The number of halogens is 4. The predicted molar refractivity (Wildman–Crippen MR) is 89.2 cm³/mol. The van der Waals surface area contributed by atoms with Gasteiger partial charge in [-0.15, -0.1) is 0 Å². The largest absolute Gasteiger partial charge is 0.416 e. The molecule has 0 aliphatic heterocycles. The minimum atomic E-state index is -4.42. The van der Waals surface area contributed by atoms with Crippen LogP contribution in [-0.4, -0.2) is 10.9 Å². The Morgan fingerprint density at radius 1 is 1.08 bits per heavy atom. The molecule has 2 aromatic carbocycles. The first-order valence-electron chi connectivity index (χ1n) is 8.05. The molecule has 0 atom stereocenters. The van der Waals surface area contributed by atoms with Crippen molar-refractivity contribution < 1.29 is 22.4 Å². The topological polar surface area (TPSA) is 44.9 Å². The van der Waals surface area contributed by atoms with E-state index in [1.165, 1.54) is 24.3 Å². The van der Waals surface area contributed by atoms with Crippen LogP contribution in [0.2, 0.25) is 0 Å². The molecule has 1 fully saturated rings. The molecular weight excluding hydrogens is 348 g/mol. The molecule has 26 heavy (non-hydrogen) atoms. The Bertz CT molecular complexity index is 985. The van der Waals surface area contributed by atoms with Gasteiger partial charge < -0.3 is 10.3 Å². The lowest BCUT2D eigenvalue weighted by atomic mass is 9.94. The summed E-state index contributed by atoms with van der Waals surface area (Å²) in [4.78, 5) is 15.8. The number of carbonyl (C=O) groups is 1. The molecule has 1 aliphatic rings. The van der Waals surface area contributed by atoms with Crippen molar-refractivity contribution in [2.75, 3.05) is 5.32 Å². The second-order valence-corrected chi connectivity index (χ2v) is 6.50. The maximum absolute atomic E-state index is 13.6. The number of hydrogen-bond acceptors (Lipinski definition) is 1. The predicted octanol–water partition coefficient (Wildman–Crippen LogP) is 5.00. The summed E-state index contributed by atoms with van der Waals surface area (Å²) in [6.45, 7) is 0. The highest BCUT2D eigenvalue weighted by Crippen LogP contribution is 2.51. The standard InChI is InChI=1S/C19H14F4N2O/c20-12-3-6-16-14(9-12)15(10-24-16)18(7-8-18)17(26)25-13-4-1-11(2-5-13)19(21,22)23/h1-6,9-10,24H,7-8H2,(H,25,26). The molecule has 1 aliphatic carbocycles. The quantitative estimate of drug-likeness (QED) is 0.633. The first kappa shape index (κ1) is 16.6. The fourth-order valence-corrected chi connectivity index (χ4v) is 3.23. The highest BCUT2D eigenvalue weighted by atomic mass is 19.4. The van der Waals surface area contributed by atoms with Crippen LogP contribution >= 0.6 is 0 Å². The maximum Gasteiger partial charge on any atom is 0.416 e. The molecule has 0 bridgehead atoms. The number of H-pyrrole nitrogens is 1. The van der Waals surface area contributed by atoms with Gasteiger partial charge >= 0.3 is 6.18 Å². The highest BCUT2D eigenvalue weighted by Gasteiger charge is 2.52. The molecule has 134 valence electrons. The van der Waals surface area contributed by atoms with E-state index in [1.807, 2.05) is 0 Å². The second kappa shape index (κ2) is 5.59. The summed E-state index contributed by atoms with van der Waals surface area (Å²) in [7, 11) is 0. The third-order valence-corrected chi connectivity index (χ3v) is 4.81. The summed E-state index contributed by atoms with van der Waals surface area (Å²) in [5.41, 5.74) is 0.171. The van der Waals surface area contributed by atoms with Crippen molar-refractivity contribution in [3.8, 4) is 0 Å². The number of amides is 1. The number of nitrogens with one attached hydrogen (secondary N) is 2. The van der Waals surface area contributed by atoms with Gasteiger partial charge in [0.25, 0.3) is 0 Å². The summed E-state index contributed by atoms with van der Waals surface area (Å²) in [5.74, 6) is -0.695. The lowest BCUT2D eigenvalue weighted by Crippen LogP contribution is -2.27. The molecule has 1 amide bonds. The van der Waals surface area contributed by atoms with Crippen LogP contribution < -0.4 is 5.32 Å². The zero-order valence-electron chi connectivity index (χ0n) is 13.5. The van der Waals surface area contributed by atoms with Gasteiger partial charge in [0, 0.05) is 22.8 Å². The summed E-state index contributed by atoms with van der Waals surface area (Å²) in [5, 5.41) is 3.32. The van der Waals surface area contributed by atoms with E-state index < -0.39 is 23.0 Å². The van der Waals surface area contributed by atoms with E-state index in [2.05, 4.69) is 10.3 Å². The van der Waals surface area contributed by atoms with Gasteiger partial charge in [-0.25, -0.2) is 4.39 Å². The lowest BCUT2D eigenvalue weighted by Gasteiger charge is -2.15. The van der Waals surface area contributed by atoms with Crippen molar-refractivity contribution in [2.45, 2.75) is 24.4 Å². The number of aromatic amines is 1. The Hall–Kier alpha value is -2.83. The zero-order valence-corrected chi connectivity index (χ0v) is 13.5. The van der Waals surface area contributed by atoms with Crippen molar-refractivity contribution in [3.63, 3.8) is 0 Å². The van der Waals surface area contributed by atoms with Crippen LogP contribution in [0.3, 0.4) is 0 Å². The molecule has 3 nitrogen and oxygen atoms in total. The van der Waals surface area contributed by atoms with Gasteiger partial charge in [-0.05, 0) is 60.9 Å². The molecular formula is C19H14F4N2O. The first-order chi connectivity index (χ1) is 12.3. The van der Waals surface area contributed by atoms with Gasteiger partial charge in [0.1, 0.15) is 5.82 Å². The van der Waals surface area contributed by atoms with Crippen LogP contribution in [0.1, 0.15) is 24.0 Å². The van der Waals surface area contributed by atoms with E-state index in [0.29, 0.717) is 29.5 Å². The molecule has 4 rings (SSSR count). The van der Waals surface area contributed by atoms with Crippen LogP contribution in [0.5, 0.6) is 0 Å². The second-order valence-electron chi connectivity index (χ2n) is 6.50. The zero-order chi connectivity index (χ0) is 18.5. The number of aromatic nitrogens is 1. The van der Waals surface area contributed by atoms with E-state index in [1.54, 1.807) is 12.3 Å². The van der Waals surface area contributed by atoms with Crippen LogP contribution in [0.4, 0.5) is 23.2 Å². The minimum Gasteiger partial charge on any atom is -0.361 e. The maximum atomic E-state index is 13.6. The SMILES string of the molecule is O=C(Nc1ccc(C(F)(F)F)cc1)C1(c2c[nH]c3ccc(F)cc23)CC1. The lowest BCUT2D eigenvalue weighted by molar-refractivity contribution is -0.137. The highest BCUT2D eigenvalue weighted by molar-refractivity contribution is 6.04. The molecule has 1 aromatic heterocycles. The van der Waals surface area contributed by atoms with Crippen molar-refractivity contribution in [3.05, 3.63) is 65.6 Å². The molecule has 3 aromatic rings. The Labute approximate surface area is 146 Å². The Kier molecular flexibility index (Phi) is 3.57. The normalized spacial score (nSPS) is 15.8. The molecule has 7 heteroatoms. The smallest absolute Gasteiger partial charge is 0.361 e. The Balaban J connectivity index is 1.60. The molecule has 0 spiro atoms. The molecule has 0 saturated heterocycles. The van der Waals surface area contributed by atoms with E-state index in [-0.39, 0.29) is 5.91 Å². The average Bonchev–Trinajstić information content (AvgIpc) is 3.29. The molecule has 1 heterocycles. The number of hydrogen-bond donors (Lipinski definition) is 2. The van der Waals surface area contributed by atoms with Crippen molar-refractivity contribution in [2.24, 2.45) is 0 Å². The summed E-state index contributed by atoms with van der Waals surface area (Å²) in [6.07, 6.45) is -1.52. The minimum absolute atomic E-state index is 0.292. The third-order valence-electron chi connectivity index (χ3n) is 4.81. The van der Waals surface area contributed by atoms with Crippen LogP contribution in [-0.2, 0) is 16.4 Å². The van der Waals surface area contributed by atoms with Crippen LogP contribution in [0, 0.1) is 5.82 Å². The number of fused-ring (bicyclic) bond motifs is 1.